The van der Waals surface area contributed by atoms with E-state index in [-0.39, 0.29) is 11.9 Å². The van der Waals surface area contributed by atoms with Crippen molar-refractivity contribution in [2.75, 3.05) is 27.7 Å². The fraction of sp³-hybridized carbons (Fsp3) is 0.857. The highest BCUT2D eigenvalue weighted by atomic mass is 16.7. The van der Waals surface area contributed by atoms with Gasteiger partial charge in [0.25, 0.3) is 0 Å². The number of carbonyl (C=O) groups excluding carboxylic acids is 2. The molecule has 0 aliphatic carbocycles. The minimum atomic E-state index is -1.24. The SMILES string of the molecule is CCCCCCCCC=CCCCCCCCC(=O)OC(C)(C[N+](C)(C)C)OC(=O)CCCCCCCC=CCCCCCCCC. The van der Waals surface area contributed by atoms with Crippen LogP contribution in [0.2, 0.25) is 0 Å². The minimum absolute atomic E-state index is 0.271. The molecule has 0 atom stereocenters. The Balaban J connectivity index is 4.06. The van der Waals surface area contributed by atoms with Crippen LogP contribution in [0.4, 0.5) is 0 Å². The van der Waals surface area contributed by atoms with Crippen molar-refractivity contribution in [2.24, 2.45) is 0 Å². The van der Waals surface area contributed by atoms with Crippen molar-refractivity contribution in [3.05, 3.63) is 24.3 Å². The summed E-state index contributed by atoms with van der Waals surface area (Å²) in [5.74, 6) is -1.78. The lowest BCUT2D eigenvalue weighted by Crippen LogP contribution is -2.52. The second kappa shape index (κ2) is 31.6. The molecule has 0 aromatic rings. The van der Waals surface area contributed by atoms with Crippen LogP contribution >= 0.6 is 0 Å². The van der Waals surface area contributed by atoms with E-state index in [0.29, 0.717) is 23.9 Å². The normalized spacial score (nSPS) is 13.4. The molecule has 0 heterocycles. The van der Waals surface area contributed by atoms with Gasteiger partial charge in [0.2, 0.25) is 0 Å². The van der Waals surface area contributed by atoms with Gasteiger partial charge in [-0.1, -0.05) is 141 Å². The van der Waals surface area contributed by atoms with Gasteiger partial charge in [0.1, 0.15) is 0 Å². The molecule has 0 aliphatic rings. The van der Waals surface area contributed by atoms with Crippen LogP contribution in [0, 0.1) is 0 Å². The molecule has 0 rings (SSSR count). The molecule has 0 aromatic carbocycles. The van der Waals surface area contributed by atoms with E-state index in [9.17, 15) is 9.59 Å². The van der Waals surface area contributed by atoms with Crippen molar-refractivity contribution in [1.29, 1.82) is 0 Å². The van der Waals surface area contributed by atoms with Crippen LogP contribution in [0.15, 0.2) is 24.3 Å². The van der Waals surface area contributed by atoms with Gasteiger partial charge in [-0.25, -0.2) is 0 Å². The van der Waals surface area contributed by atoms with Crippen molar-refractivity contribution < 1.29 is 23.5 Å². The fourth-order valence-corrected chi connectivity index (χ4v) is 6.21. The molecule has 5 nitrogen and oxygen atoms in total. The third-order valence-corrected chi connectivity index (χ3v) is 8.71. The summed E-state index contributed by atoms with van der Waals surface area (Å²) < 4.78 is 12.2. The van der Waals surface area contributed by atoms with Gasteiger partial charge in [0, 0.05) is 19.8 Å². The van der Waals surface area contributed by atoms with Crippen LogP contribution in [-0.4, -0.2) is 49.9 Å². The predicted molar refractivity (Wildman–Crippen MR) is 202 cm³/mol. The summed E-state index contributed by atoms with van der Waals surface area (Å²) in [6, 6.07) is 0. The summed E-state index contributed by atoms with van der Waals surface area (Å²) in [7, 11) is 6.06. The van der Waals surface area contributed by atoms with Crippen LogP contribution in [0.3, 0.4) is 0 Å². The Morgan fingerprint density at radius 3 is 1.04 bits per heavy atom. The molecule has 0 N–H and O–H groups in total. The number of rotatable bonds is 34. The highest BCUT2D eigenvalue weighted by molar-refractivity contribution is 5.72. The third kappa shape index (κ3) is 34.1. The monoisotopic (exact) mass is 663 g/mol. The molecular formula is C42H80NO4+. The second-order valence-corrected chi connectivity index (χ2v) is 15.2. The van der Waals surface area contributed by atoms with E-state index in [1.807, 2.05) is 21.1 Å². The molecule has 0 aliphatic heterocycles. The third-order valence-electron chi connectivity index (χ3n) is 8.71. The lowest BCUT2D eigenvalue weighted by molar-refractivity contribution is -0.879. The minimum Gasteiger partial charge on any atom is -0.417 e. The van der Waals surface area contributed by atoms with E-state index in [1.165, 1.54) is 116 Å². The Bertz CT molecular complexity index is 728. The standard InChI is InChI=1S/C42H80NO4/c1-7-9-11-13-15-17-19-21-23-25-27-29-31-33-35-37-40(44)46-42(3,39-43(4,5)6)47-41(45)38-36-34-32-30-28-26-24-22-20-18-16-14-12-10-8-2/h21-24H,7-20,25-39H2,1-6H3/q+1. The van der Waals surface area contributed by atoms with Gasteiger partial charge < -0.3 is 14.0 Å². The van der Waals surface area contributed by atoms with E-state index in [0.717, 1.165) is 51.4 Å². The highest BCUT2D eigenvalue weighted by Crippen LogP contribution is 2.21. The van der Waals surface area contributed by atoms with Crippen LogP contribution in [0.1, 0.15) is 201 Å². The number of hydrogen-bond donors (Lipinski definition) is 0. The number of unbranched alkanes of at least 4 members (excludes halogenated alkanes) is 22. The van der Waals surface area contributed by atoms with E-state index in [4.69, 9.17) is 9.47 Å². The zero-order valence-corrected chi connectivity index (χ0v) is 32.4. The van der Waals surface area contributed by atoms with Crippen LogP contribution in [-0.2, 0) is 19.1 Å². The average Bonchev–Trinajstić information content (AvgIpc) is 2.99. The number of ether oxygens (including phenoxy) is 2. The quantitative estimate of drug-likeness (QED) is 0.0226. The summed E-state index contributed by atoms with van der Waals surface area (Å²) in [4.78, 5) is 25.5. The molecule has 0 bridgehead atoms. The average molecular weight is 663 g/mol. The summed E-state index contributed by atoms with van der Waals surface area (Å²) in [6.45, 7) is 6.69. The zero-order chi connectivity index (χ0) is 34.9. The molecule has 0 saturated heterocycles. The predicted octanol–water partition coefficient (Wildman–Crippen LogP) is 12.6. The maximum Gasteiger partial charge on any atom is 0.309 e. The van der Waals surface area contributed by atoms with E-state index in [2.05, 4.69) is 38.2 Å². The molecule has 5 heteroatoms. The number of hydrogen-bond acceptors (Lipinski definition) is 4. The molecule has 0 spiro atoms. The number of quaternary nitrogens is 1. The lowest BCUT2D eigenvalue weighted by atomic mass is 10.1. The van der Waals surface area contributed by atoms with Gasteiger partial charge >= 0.3 is 17.7 Å². The largest absolute Gasteiger partial charge is 0.417 e. The number of esters is 2. The van der Waals surface area contributed by atoms with Gasteiger partial charge in [-0.15, -0.1) is 0 Å². The first-order chi connectivity index (χ1) is 22.6. The van der Waals surface area contributed by atoms with Crippen molar-refractivity contribution in [3.8, 4) is 0 Å². The molecule has 0 aromatic heterocycles. The number of allylic oxidation sites excluding steroid dienone is 4. The van der Waals surface area contributed by atoms with E-state index in [1.54, 1.807) is 6.92 Å². The van der Waals surface area contributed by atoms with E-state index < -0.39 is 5.79 Å². The Kier molecular flexibility index (Phi) is 30.5. The molecule has 0 amide bonds. The Morgan fingerprint density at radius 2 is 0.745 bits per heavy atom. The summed E-state index contributed by atoms with van der Waals surface area (Å²) in [5, 5.41) is 0. The van der Waals surface area contributed by atoms with Crippen molar-refractivity contribution in [3.63, 3.8) is 0 Å². The topological polar surface area (TPSA) is 52.6 Å². The van der Waals surface area contributed by atoms with Gasteiger partial charge in [-0.05, 0) is 64.2 Å². The summed E-state index contributed by atoms with van der Waals surface area (Å²) in [6.07, 6.45) is 42.0. The van der Waals surface area contributed by atoms with Crippen LogP contribution in [0.25, 0.3) is 0 Å². The van der Waals surface area contributed by atoms with E-state index >= 15 is 0 Å². The van der Waals surface area contributed by atoms with Crippen molar-refractivity contribution in [2.45, 2.75) is 206 Å². The maximum absolute atomic E-state index is 12.7. The van der Waals surface area contributed by atoms with Gasteiger partial charge in [-0.3, -0.25) is 9.59 Å². The zero-order valence-electron chi connectivity index (χ0n) is 32.4. The Labute approximate surface area is 293 Å². The molecule has 0 unspecified atom stereocenters. The van der Waals surface area contributed by atoms with Gasteiger partial charge in [0.15, 0.2) is 6.54 Å². The first kappa shape index (κ1) is 45.4. The number of carbonyl (C=O) groups is 2. The molecule has 47 heavy (non-hydrogen) atoms. The smallest absolute Gasteiger partial charge is 0.309 e. The van der Waals surface area contributed by atoms with Crippen molar-refractivity contribution in [1.82, 2.24) is 0 Å². The molecule has 0 saturated carbocycles. The van der Waals surface area contributed by atoms with Gasteiger partial charge in [-0.2, -0.15) is 0 Å². The van der Waals surface area contributed by atoms with Gasteiger partial charge in [0.05, 0.1) is 21.1 Å². The lowest BCUT2D eigenvalue weighted by Gasteiger charge is -2.35. The summed E-state index contributed by atoms with van der Waals surface area (Å²) in [5.41, 5.74) is 0. The fourth-order valence-electron chi connectivity index (χ4n) is 6.21. The second-order valence-electron chi connectivity index (χ2n) is 15.2. The molecule has 276 valence electrons. The maximum atomic E-state index is 12.7. The number of nitrogens with zero attached hydrogens (tertiary/aromatic N) is 1. The summed E-state index contributed by atoms with van der Waals surface area (Å²) >= 11 is 0. The van der Waals surface area contributed by atoms with Crippen LogP contribution in [0.5, 0.6) is 0 Å². The Hall–Kier alpha value is -1.62. The highest BCUT2D eigenvalue weighted by Gasteiger charge is 2.38. The first-order valence-electron chi connectivity index (χ1n) is 20.2. The van der Waals surface area contributed by atoms with Crippen LogP contribution < -0.4 is 0 Å². The number of likely N-dealkylation sites (N-methyl/N-ethyl adjacent to an activating group) is 1. The molecular weight excluding hydrogens is 582 g/mol. The van der Waals surface area contributed by atoms with Crippen molar-refractivity contribution >= 4 is 11.9 Å². The Morgan fingerprint density at radius 1 is 0.468 bits per heavy atom. The molecule has 0 radical (unpaired) electrons. The molecule has 0 fully saturated rings. The first-order valence-corrected chi connectivity index (χ1v) is 20.2.